The summed E-state index contributed by atoms with van der Waals surface area (Å²) in [5.74, 6) is 0.816. The summed E-state index contributed by atoms with van der Waals surface area (Å²) >= 11 is 1.67. The lowest BCUT2D eigenvalue weighted by Crippen LogP contribution is -2.32. The lowest BCUT2D eigenvalue weighted by Gasteiger charge is -2.22. The standard InChI is InChI=1S/C19H23FN4OS/c20-14-2-4-15(5-3-14)26-10-13-8-24(9-17(13)25)7-12-1-6-16-18(12)22-11-23-19(16)21/h1-5,11,13,17,19,25H,6-10,21H2,(H,22,23). The van der Waals surface area contributed by atoms with Crippen molar-refractivity contribution in [1.29, 1.82) is 0 Å². The van der Waals surface area contributed by atoms with E-state index in [4.69, 9.17) is 5.73 Å². The smallest absolute Gasteiger partial charge is 0.123 e. The number of benzene rings is 1. The average Bonchev–Trinajstić information content (AvgIpc) is 3.19. The number of hydrogen-bond acceptors (Lipinski definition) is 6. The molecular formula is C19H23FN4OS. The molecule has 26 heavy (non-hydrogen) atoms. The predicted molar refractivity (Wildman–Crippen MR) is 102 cm³/mol. The van der Waals surface area contributed by atoms with Crippen LogP contribution in [0.25, 0.3) is 0 Å². The zero-order chi connectivity index (χ0) is 18.1. The van der Waals surface area contributed by atoms with Gasteiger partial charge in [0.1, 0.15) is 12.0 Å². The molecule has 3 unspecified atom stereocenters. The summed E-state index contributed by atoms with van der Waals surface area (Å²) < 4.78 is 13.0. The number of likely N-dealkylation sites (tertiary alicyclic amines) is 1. The van der Waals surface area contributed by atoms with Crippen molar-refractivity contribution in [3.63, 3.8) is 0 Å². The summed E-state index contributed by atoms with van der Waals surface area (Å²) in [6.45, 7) is 2.34. The van der Waals surface area contributed by atoms with Crippen molar-refractivity contribution in [2.45, 2.75) is 23.6 Å². The summed E-state index contributed by atoms with van der Waals surface area (Å²) in [5.41, 5.74) is 9.51. The molecule has 0 radical (unpaired) electrons. The van der Waals surface area contributed by atoms with Crippen molar-refractivity contribution in [3.05, 3.63) is 53.0 Å². The number of thioether (sulfide) groups is 1. The van der Waals surface area contributed by atoms with Crippen molar-refractivity contribution < 1.29 is 9.50 Å². The van der Waals surface area contributed by atoms with Gasteiger partial charge in [0.25, 0.3) is 0 Å². The minimum Gasteiger partial charge on any atom is -0.391 e. The quantitative estimate of drug-likeness (QED) is 0.685. The van der Waals surface area contributed by atoms with Crippen LogP contribution >= 0.6 is 11.8 Å². The fraction of sp³-hybridized carbons (Fsp3) is 0.421. The van der Waals surface area contributed by atoms with Gasteiger partial charge in [0, 0.05) is 41.9 Å². The van der Waals surface area contributed by atoms with E-state index in [1.165, 1.54) is 17.7 Å². The summed E-state index contributed by atoms with van der Waals surface area (Å²) in [7, 11) is 0. The van der Waals surface area contributed by atoms with E-state index < -0.39 is 0 Å². The molecule has 1 aliphatic carbocycles. The first-order valence-corrected chi connectivity index (χ1v) is 9.83. The van der Waals surface area contributed by atoms with Gasteiger partial charge in [0.05, 0.1) is 12.4 Å². The Labute approximate surface area is 156 Å². The maximum Gasteiger partial charge on any atom is 0.123 e. The number of aliphatic hydroxyl groups is 1. The van der Waals surface area contributed by atoms with Gasteiger partial charge in [-0.15, -0.1) is 11.8 Å². The molecular weight excluding hydrogens is 351 g/mol. The lowest BCUT2D eigenvalue weighted by molar-refractivity contribution is 0.151. The largest absolute Gasteiger partial charge is 0.391 e. The van der Waals surface area contributed by atoms with E-state index in [2.05, 4.69) is 21.3 Å². The van der Waals surface area contributed by atoms with Crippen LogP contribution in [0, 0.1) is 11.7 Å². The first-order chi connectivity index (χ1) is 12.6. The number of hydrogen-bond donors (Lipinski definition) is 3. The van der Waals surface area contributed by atoms with Gasteiger partial charge in [-0.1, -0.05) is 6.08 Å². The molecule has 1 aromatic carbocycles. The Kier molecular flexibility index (Phi) is 5.13. The Morgan fingerprint density at radius 1 is 1.31 bits per heavy atom. The molecule has 1 aromatic rings. The van der Waals surface area contributed by atoms with Crippen LogP contribution in [0.3, 0.4) is 0 Å². The van der Waals surface area contributed by atoms with E-state index >= 15 is 0 Å². The van der Waals surface area contributed by atoms with E-state index in [0.717, 1.165) is 41.4 Å². The number of nitrogens with two attached hydrogens (primary N) is 1. The molecule has 5 nitrogen and oxygen atoms in total. The zero-order valence-electron chi connectivity index (χ0n) is 14.4. The number of β-amino-alcohol motifs (C(OH)–C–C–N with tert-alkyl or cyclic N) is 1. The minimum atomic E-state index is -0.332. The van der Waals surface area contributed by atoms with Gasteiger partial charge in [0.15, 0.2) is 0 Å². The summed E-state index contributed by atoms with van der Waals surface area (Å²) in [6.07, 6.45) is 4.14. The fourth-order valence-electron chi connectivity index (χ4n) is 3.72. The molecule has 2 heterocycles. The molecule has 0 bridgehead atoms. The van der Waals surface area contributed by atoms with E-state index in [9.17, 15) is 9.50 Å². The molecule has 1 fully saturated rings. The monoisotopic (exact) mass is 374 g/mol. The maximum atomic E-state index is 13.0. The maximum absolute atomic E-state index is 13.0. The average molecular weight is 374 g/mol. The van der Waals surface area contributed by atoms with Crippen LogP contribution in [0.1, 0.15) is 6.42 Å². The molecule has 3 aliphatic rings. The number of aliphatic hydroxyl groups excluding tert-OH is 1. The number of allylic oxidation sites excluding steroid dienone is 1. The lowest BCUT2D eigenvalue weighted by atomic mass is 10.1. The van der Waals surface area contributed by atoms with Crippen molar-refractivity contribution in [2.75, 3.05) is 25.4 Å². The second-order valence-electron chi connectivity index (χ2n) is 6.99. The first-order valence-electron chi connectivity index (χ1n) is 8.85. The summed E-state index contributed by atoms with van der Waals surface area (Å²) in [4.78, 5) is 7.52. The van der Waals surface area contributed by atoms with Crippen LogP contribution in [0.15, 0.2) is 57.1 Å². The molecule has 4 N–H and O–H groups in total. The van der Waals surface area contributed by atoms with E-state index in [1.807, 2.05) is 0 Å². The molecule has 0 spiro atoms. The minimum absolute atomic E-state index is 0.212. The molecule has 4 rings (SSSR count). The van der Waals surface area contributed by atoms with Crippen molar-refractivity contribution >= 4 is 18.1 Å². The third-order valence-corrected chi connectivity index (χ3v) is 6.37. The summed E-state index contributed by atoms with van der Waals surface area (Å²) in [6, 6.07) is 6.53. The second-order valence-corrected chi connectivity index (χ2v) is 8.08. The van der Waals surface area contributed by atoms with Crippen LogP contribution in [-0.2, 0) is 0 Å². The molecule has 138 valence electrons. The topological polar surface area (TPSA) is 73.9 Å². The SMILES string of the molecule is NC1N=CNC2=C1CC=C2CN1CC(O)C(CSc2ccc(F)cc2)C1. The molecule has 0 aromatic heterocycles. The first kappa shape index (κ1) is 17.7. The van der Waals surface area contributed by atoms with Crippen LogP contribution in [-0.4, -0.2) is 54.0 Å². The second kappa shape index (κ2) is 7.52. The number of aliphatic imine (C=N–C) groups is 1. The van der Waals surface area contributed by atoms with Crippen LogP contribution < -0.4 is 11.1 Å². The van der Waals surface area contributed by atoms with Gasteiger partial charge in [-0.05, 0) is 41.8 Å². The third-order valence-electron chi connectivity index (χ3n) is 5.17. The highest BCUT2D eigenvalue weighted by Gasteiger charge is 2.33. The number of halogens is 1. The van der Waals surface area contributed by atoms with Crippen molar-refractivity contribution in [3.8, 4) is 0 Å². The highest BCUT2D eigenvalue weighted by Crippen LogP contribution is 2.31. The van der Waals surface area contributed by atoms with Gasteiger partial charge in [-0.25, -0.2) is 4.39 Å². The van der Waals surface area contributed by atoms with Crippen LogP contribution in [0.5, 0.6) is 0 Å². The predicted octanol–water partition coefficient (Wildman–Crippen LogP) is 1.71. The third kappa shape index (κ3) is 3.71. The van der Waals surface area contributed by atoms with Gasteiger partial charge < -0.3 is 16.2 Å². The van der Waals surface area contributed by atoms with Gasteiger partial charge >= 0.3 is 0 Å². The Bertz CT molecular complexity index is 761. The summed E-state index contributed by atoms with van der Waals surface area (Å²) in [5, 5.41) is 13.7. The fourth-order valence-corrected chi connectivity index (χ4v) is 4.79. The molecule has 0 amide bonds. The Hall–Kier alpha value is -1.67. The Morgan fingerprint density at radius 2 is 2.12 bits per heavy atom. The van der Waals surface area contributed by atoms with Gasteiger partial charge in [-0.2, -0.15) is 0 Å². The molecule has 7 heteroatoms. The number of nitrogens with zero attached hydrogens (tertiary/aromatic N) is 2. The number of nitrogens with one attached hydrogen (secondary N) is 1. The molecule has 2 aliphatic heterocycles. The normalized spacial score (nSPS) is 28.3. The van der Waals surface area contributed by atoms with Crippen molar-refractivity contribution in [1.82, 2.24) is 10.2 Å². The van der Waals surface area contributed by atoms with Crippen LogP contribution in [0.4, 0.5) is 4.39 Å². The van der Waals surface area contributed by atoms with E-state index in [1.54, 1.807) is 30.2 Å². The zero-order valence-corrected chi connectivity index (χ0v) is 15.3. The van der Waals surface area contributed by atoms with E-state index in [-0.39, 0.29) is 24.0 Å². The van der Waals surface area contributed by atoms with Gasteiger partial charge in [0.2, 0.25) is 0 Å². The highest BCUT2D eigenvalue weighted by molar-refractivity contribution is 7.99. The molecule has 1 saturated heterocycles. The van der Waals surface area contributed by atoms with Crippen molar-refractivity contribution in [2.24, 2.45) is 16.6 Å². The van der Waals surface area contributed by atoms with Crippen LogP contribution in [0.2, 0.25) is 0 Å². The molecule has 0 saturated carbocycles. The molecule has 3 atom stereocenters. The Morgan fingerprint density at radius 3 is 2.92 bits per heavy atom. The Balaban J connectivity index is 1.32. The highest BCUT2D eigenvalue weighted by atomic mass is 32.2. The van der Waals surface area contributed by atoms with Gasteiger partial charge in [-0.3, -0.25) is 9.89 Å². The van der Waals surface area contributed by atoms with E-state index in [0.29, 0.717) is 6.54 Å². The number of rotatable bonds is 5.